The van der Waals surface area contributed by atoms with E-state index in [2.05, 4.69) is 35.6 Å². The number of benzene rings is 4. The molecule has 4 heteroatoms. The molecule has 1 aliphatic heterocycles. The van der Waals surface area contributed by atoms with Crippen LogP contribution in [0.4, 0.5) is 5.69 Å². The summed E-state index contributed by atoms with van der Waals surface area (Å²) in [6, 6.07) is 34.2. The SMILES string of the molecule is CCOC(=O)C1=C(c2ccc3ccccc3n2)c2c(ccc3ccccc23)NC1c1ccccc1. The van der Waals surface area contributed by atoms with Gasteiger partial charge in [-0.25, -0.2) is 9.78 Å². The largest absolute Gasteiger partial charge is 0.463 e. The number of carbonyl (C=O) groups is 1. The Labute approximate surface area is 203 Å². The highest BCUT2D eigenvalue weighted by molar-refractivity contribution is 6.12. The number of nitrogens with one attached hydrogen (secondary N) is 1. The van der Waals surface area contributed by atoms with Gasteiger partial charge in [-0.2, -0.15) is 0 Å². The highest BCUT2D eigenvalue weighted by Crippen LogP contribution is 2.46. The van der Waals surface area contributed by atoms with Crippen LogP contribution in [0.2, 0.25) is 0 Å². The molecule has 0 fully saturated rings. The Kier molecular flexibility index (Phi) is 5.27. The summed E-state index contributed by atoms with van der Waals surface area (Å²) in [4.78, 5) is 18.7. The minimum absolute atomic E-state index is 0.296. The van der Waals surface area contributed by atoms with Crippen LogP contribution >= 0.6 is 0 Å². The quantitative estimate of drug-likeness (QED) is 0.298. The summed E-state index contributed by atoms with van der Waals surface area (Å²) in [6.45, 7) is 2.13. The fraction of sp³-hybridized carbons (Fsp3) is 0.0968. The van der Waals surface area contributed by atoms with Gasteiger partial charge in [0.1, 0.15) is 0 Å². The first-order valence-corrected chi connectivity index (χ1v) is 11.9. The van der Waals surface area contributed by atoms with Gasteiger partial charge in [-0.05, 0) is 41.5 Å². The predicted octanol–water partition coefficient (Wildman–Crippen LogP) is 6.92. The van der Waals surface area contributed by atoms with Crippen LogP contribution in [-0.4, -0.2) is 17.6 Å². The van der Waals surface area contributed by atoms with Crippen molar-refractivity contribution in [2.24, 2.45) is 0 Å². The molecule has 0 spiro atoms. The summed E-state index contributed by atoms with van der Waals surface area (Å²) < 4.78 is 5.63. The molecule has 6 rings (SSSR count). The molecule has 4 aromatic carbocycles. The van der Waals surface area contributed by atoms with Crippen LogP contribution in [0.1, 0.15) is 29.8 Å². The van der Waals surface area contributed by atoms with E-state index in [1.54, 1.807) is 0 Å². The number of ether oxygens (including phenoxy) is 1. The first-order valence-electron chi connectivity index (χ1n) is 11.9. The number of hydrogen-bond donors (Lipinski definition) is 1. The van der Waals surface area contributed by atoms with Gasteiger partial charge in [0.05, 0.1) is 29.4 Å². The zero-order valence-electron chi connectivity index (χ0n) is 19.4. The number of fused-ring (bicyclic) bond motifs is 4. The molecule has 35 heavy (non-hydrogen) atoms. The van der Waals surface area contributed by atoms with Gasteiger partial charge >= 0.3 is 5.97 Å². The van der Waals surface area contributed by atoms with E-state index in [4.69, 9.17) is 9.72 Å². The van der Waals surface area contributed by atoms with E-state index in [1.807, 2.05) is 79.7 Å². The van der Waals surface area contributed by atoms with E-state index >= 15 is 0 Å². The molecule has 5 aromatic rings. The Morgan fingerprint density at radius 3 is 2.37 bits per heavy atom. The third-order valence-corrected chi connectivity index (χ3v) is 6.52. The summed E-state index contributed by atoms with van der Waals surface area (Å²) in [5.41, 5.74) is 5.96. The van der Waals surface area contributed by atoms with Gasteiger partial charge in [0, 0.05) is 22.2 Å². The average molecular weight is 457 g/mol. The number of carbonyl (C=O) groups excluding carboxylic acids is 1. The molecule has 0 amide bonds. The fourth-order valence-electron chi connectivity index (χ4n) is 4.96. The molecule has 0 aliphatic carbocycles. The first-order chi connectivity index (χ1) is 17.2. The minimum atomic E-state index is -0.368. The summed E-state index contributed by atoms with van der Waals surface area (Å²) in [6.07, 6.45) is 0. The van der Waals surface area contributed by atoms with Crippen molar-refractivity contribution >= 4 is 38.9 Å². The molecule has 1 aromatic heterocycles. The van der Waals surface area contributed by atoms with Gasteiger partial charge in [-0.1, -0.05) is 84.9 Å². The molecule has 0 radical (unpaired) electrons. The first kappa shape index (κ1) is 21.1. The number of rotatable bonds is 4. The molecule has 0 saturated carbocycles. The van der Waals surface area contributed by atoms with Crippen molar-refractivity contribution in [3.63, 3.8) is 0 Å². The van der Waals surface area contributed by atoms with Crippen LogP contribution < -0.4 is 5.32 Å². The van der Waals surface area contributed by atoms with Crippen LogP contribution in [0.5, 0.6) is 0 Å². The zero-order chi connectivity index (χ0) is 23.8. The lowest BCUT2D eigenvalue weighted by Gasteiger charge is -2.32. The molecule has 1 unspecified atom stereocenters. The molecule has 0 bridgehead atoms. The number of esters is 1. The standard InChI is InChI=1S/C31H24N2O2/c1-2-35-31(34)29-28(26-19-17-21-11-7-9-15-24(21)32-26)27-23-14-8-6-10-20(23)16-18-25(27)33-30(29)22-12-4-3-5-13-22/h3-19,30,33H,2H2,1H3. The molecule has 2 heterocycles. The smallest absolute Gasteiger partial charge is 0.337 e. The number of aromatic nitrogens is 1. The van der Waals surface area contributed by atoms with Gasteiger partial charge in [-0.3, -0.25) is 0 Å². The molecule has 0 saturated heterocycles. The Morgan fingerprint density at radius 1 is 0.829 bits per heavy atom. The van der Waals surface area contributed by atoms with Crippen molar-refractivity contribution in [2.75, 3.05) is 11.9 Å². The van der Waals surface area contributed by atoms with Gasteiger partial charge in [0.15, 0.2) is 0 Å². The van der Waals surface area contributed by atoms with Crippen molar-refractivity contribution in [1.82, 2.24) is 4.98 Å². The normalized spacial score (nSPS) is 15.1. The van der Waals surface area contributed by atoms with E-state index < -0.39 is 0 Å². The van der Waals surface area contributed by atoms with Crippen molar-refractivity contribution < 1.29 is 9.53 Å². The maximum absolute atomic E-state index is 13.6. The number of pyridine rings is 1. The van der Waals surface area contributed by atoms with E-state index in [0.29, 0.717) is 12.2 Å². The van der Waals surface area contributed by atoms with Crippen molar-refractivity contribution in [2.45, 2.75) is 13.0 Å². The highest BCUT2D eigenvalue weighted by Gasteiger charge is 2.35. The molecular formula is C31H24N2O2. The van der Waals surface area contributed by atoms with Crippen LogP contribution in [0, 0.1) is 0 Å². The molecule has 1 atom stereocenters. The van der Waals surface area contributed by atoms with Crippen molar-refractivity contribution in [3.05, 3.63) is 126 Å². The lowest BCUT2D eigenvalue weighted by atomic mass is 9.82. The monoisotopic (exact) mass is 456 g/mol. The fourth-order valence-corrected chi connectivity index (χ4v) is 4.96. The van der Waals surface area contributed by atoms with Crippen LogP contribution in [-0.2, 0) is 9.53 Å². The third-order valence-electron chi connectivity index (χ3n) is 6.52. The number of para-hydroxylation sites is 1. The second-order valence-electron chi connectivity index (χ2n) is 8.60. The summed E-state index contributed by atoms with van der Waals surface area (Å²) in [7, 11) is 0. The van der Waals surface area contributed by atoms with Crippen molar-refractivity contribution in [1.29, 1.82) is 0 Å². The molecule has 170 valence electrons. The molecule has 4 nitrogen and oxygen atoms in total. The van der Waals surface area contributed by atoms with E-state index in [0.717, 1.165) is 49.8 Å². The van der Waals surface area contributed by atoms with E-state index in [9.17, 15) is 4.79 Å². The number of nitrogens with zero attached hydrogens (tertiary/aromatic N) is 1. The topological polar surface area (TPSA) is 51.2 Å². The van der Waals surface area contributed by atoms with Gasteiger partial charge in [0.25, 0.3) is 0 Å². The van der Waals surface area contributed by atoms with Gasteiger partial charge < -0.3 is 10.1 Å². The summed E-state index contributed by atoms with van der Waals surface area (Å²) >= 11 is 0. The van der Waals surface area contributed by atoms with E-state index in [1.165, 1.54) is 0 Å². The third kappa shape index (κ3) is 3.64. The van der Waals surface area contributed by atoms with Crippen LogP contribution in [0.3, 0.4) is 0 Å². The highest BCUT2D eigenvalue weighted by atomic mass is 16.5. The summed E-state index contributed by atoms with van der Waals surface area (Å²) in [5.74, 6) is -0.336. The molecular weight excluding hydrogens is 432 g/mol. The number of anilines is 1. The second kappa shape index (κ2) is 8.73. The van der Waals surface area contributed by atoms with Gasteiger partial charge in [0.2, 0.25) is 0 Å². The maximum Gasteiger partial charge on any atom is 0.337 e. The second-order valence-corrected chi connectivity index (χ2v) is 8.60. The number of hydrogen-bond acceptors (Lipinski definition) is 4. The minimum Gasteiger partial charge on any atom is -0.463 e. The Balaban J connectivity index is 1.73. The van der Waals surface area contributed by atoms with E-state index in [-0.39, 0.29) is 12.0 Å². The predicted molar refractivity (Wildman–Crippen MR) is 141 cm³/mol. The van der Waals surface area contributed by atoms with Crippen LogP contribution in [0.15, 0.2) is 109 Å². The lowest BCUT2D eigenvalue weighted by molar-refractivity contribution is -0.138. The maximum atomic E-state index is 13.6. The Bertz CT molecular complexity index is 1610. The molecule has 1 N–H and O–H groups in total. The van der Waals surface area contributed by atoms with Crippen molar-refractivity contribution in [3.8, 4) is 0 Å². The van der Waals surface area contributed by atoms with Crippen LogP contribution in [0.25, 0.3) is 27.2 Å². The Hall–Kier alpha value is -4.44. The Morgan fingerprint density at radius 2 is 1.54 bits per heavy atom. The lowest BCUT2D eigenvalue weighted by Crippen LogP contribution is -2.27. The summed E-state index contributed by atoms with van der Waals surface area (Å²) in [5, 5.41) is 6.87. The molecule has 1 aliphatic rings. The van der Waals surface area contributed by atoms with Gasteiger partial charge in [-0.15, -0.1) is 0 Å². The average Bonchev–Trinajstić information content (AvgIpc) is 2.92. The zero-order valence-corrected chi connectivity index (χ0v) is 19.4.